The number of rotatable bonds is 13. The van der Waals surface area contributed by atoms with Crippen LogP contribution in [0.15, 0.2) is 108 Å². The van der Waals surface area contributed by atoms with E-state index in [4.69, 9.17) is 16.3 Å². The third-order valence-corrected chi connectivity index (χ3v) is 10.6. The van der Waals surface area contributed by atoms with Gasteiger partial charge in [-0.05, 0) is 66.4 Å². The van der Waals surface area contributed by atoms with Crippen LogP contribution in [0, 0.1) is 5.82 Å². The van der Waals surface area contributed by atoms with Gasteiger partial charge in [-0.2, -0.15) is 0 Å². The van der Waals surface area contributed by atoms with Crippen molar-refractivity contribution in [3.63, 3.8) is 0 Å². The van der Waals surface area contributed by atoms with Crippen LogP contribution in [0.4, 0.5) is 10.1 Å². The van der Waals surface area contributed by atoms with Crippen LogP contribution in [-0.4, -0.2) is 50.9 Å². The number of benzene rings is 4. The lowest BCUT2D eigenvalue weighted by Crippen LogP contribution is -2.55. The Morgan fingerprint density at radius 2 is 1.54 bits per heavy atom. The molecular formula is C37H39ClFN3O5S. The summed E-state index contributed by atoms with van der Waals surface area (Å²) in [6, 6.07) is 26.3. The summed E-state index contributed by atoms with van der Waals surface area (Å²) in [6.45, 7) is -0.694. The number of sulfonamides is 1. The van der Waals surface area contributed by atoms with Gasteiger partial charge in [0.25, 0.3) is 10.0 Å². The van der Waals surface area contributed by atoms with Gasteiger partial charge < -0.3 is 15.0 Å². The number of ether oxygens (including phenoxy) is 1. The highest BCUT2D eigenvalue weighted by Gasteiger charge is 2.35. The Balaban J connectivity index is 1.57. The molecule has 48 heavy (non-hydrogen) atoms. The van der Waals surface area contributed by atoms with Crippen LogP contribution in [0.5, 0.6) is 5.75 Å². The molecule has 4 aromatic carbocycles. The van der Waals surface area contributed by atoms with Gasteiger partial charge in [-0.25, -0.2) is 12.8 Å². The molecule has 1 fully saturated rings. The Kier molecular flexibility index (Phi) is 11.7. The zero-order valence-corrected chi connectivity index (χ0v) is 28.3. The number of carbonyl (C=O) groups excluding carboxylic acids is 2. The van der Waals surface area contributed by atoms with Gasteiger partial charge in [-0.15, -0.1) is 0 Å². The molecule has 0 aromatic heterocycles. The third-order valence-electron chi connectivity index (χ3n) is 8.52. The van der Waals surface area contributed by atoms with Gasteiger partial charge in [-0.3, -0.25) is 13.9 Å². The number of nitrogens with one attached hydrogen (secondary N) is 1. The topological polar surface area (TPSA) is 96.0 Å². The largest absolute Gasteiger partial charge is 0.495 e. The maximum absolute atomic E-state index is 14.6. The highest BCUT2D eigenvalue weighted by atomic mass is 35.5. The van der Waals surface area contributed by atoms with Crippen molar-refractivity contribution in [3.8, 4) is 5.75 Å². The number of anilines is 1. The molecule has 1 aliphatic rings. The van der Waals surface area contributed by atoms with E-state index in [1.807, 2.05) is 30.3 Å². The number of hydrogen-bond acceptors (Lipinski definition) is 5. The normalized spacial score (nSPS) is 14.1. The first-order valence-corrected chi connectivity index (χ1v) is 17.8. The van der Waals surface area contributed by atoms with Crippen LogP contribution >= 0.6 is 11.6 Å². The van der Waals surface area contributed by atoms with Gasteiger partial charge in [0.05, 0.1) is 22.7 Å². The molecule has 2 amide bonds. The lowest BCUT2D eigenvalue weighted by atomic mass is 9.94. The van der Waals surface area contributed by atoms with Crippen molar-refractivity contribution in [2.45, 2.75) is 62.0 Å². The summed E-state index contributed by atoms with van der Waals surface area (Å²) in [5.74, 6) is -1.05. The molecule has 0 saturated heterocycles. The fourth-order valence-corrected chi connectivity index (χ4v) is 7.62. The van der Waals surface area contributed by atoms with Crippen molar-refractivity contribution in [3.05, 3.63) is 125 Å². The molecule has 0 spiro atoms. The molecule has 1 atom stereocenters. The maximum atomic E-state index is 14.6. The summed E-state index contributed by atoms with van der Waals surface area (Å²) in [6.07, 6.45) is 4.99. The second kappa shape index (κ2) is 16.1. The lowest BCUT2D eigenvalue weighted by molar-refractivity contribution is -0.140. The van der Waals surface area contributed by atoms with Gasteiger partial charge in [0.1, 0.15) is 24.2 Å². The van der Waals surface area contributed by atoms with Crippen molar-refractivity contribution < 1.29 is 27.1 Å². The fraction of sp³-hybridized carbons (Fsp3) is 0.297. The molecule has 0 radical (unpaired) electrons. The molecule has 5 rings (SSSR count). The molecule has 1 aliphatic carbocycles. The quantitative estimate of drug-likeness (QED) is 0.167. The summed E-state index contributed by atoms with van der Waals surface area (Å²) in [5.41, 5.74) is 1.55. The van der Waals surface area contributed by atoms with Gasteiger partial charge in [-0.1, -0.05) is 91.5 Å². The Labute approximate surface area is 286 Å². The van der Waals surface area contributed by atoms with Crippen molar-refractivity contribution in [1.29, 1.82) is 0 Å². The Hall–Kier alpha value is -4.41. The smallest absolute Gasteiger partial charge is 0.264 e. The summed E-state index contributed by atoms with van der Waals surface area (Å²) in [5, 5.41) is 3.33. The number of carbonyl (C=O) groups is 2. The van der Waals surface area contributed by atoms with E-state index in [0.717, 1.165) is 42.0 Å². The molecular weight excluding hydrogens is 653 g/mol. The Morgan fingerprint density at radius 3 is 2.17 bits per heavy atom. The minimum absolute atomic E-state index is 0.0225. The second-order valence-corrected chi connectivity index (χ2v) is 14.1. The number of amides is 2. The van der Waals surface area contributed by atoms with Crippen LogP contribution in [0.3, 0.4) is 0 Å². The SMILES string of the molecule is COc1ccc(N(CC(=O)N(Cc2ccc(F)cc2)C(Cc2ccccc2)C(=O)NC2CCCCC2)S(=O)(=O)c2ccccc2)cc1Cl. The average molecular weight is 692 g/mol. The maximum Gasteiger partial charge on any atom is 0.264 e. The van der Waals surface area contributed by atoms with Crippen LogP contribution < -0.4 is 14.4 Å². The Bertz CT molecular complexity index is 1790. The first-order chi connectivity index (χ1) is 23.2. The number of hydrogen-bond donors (Lipinski definition) is 1. The van der Waals surface area contributed by atoms with E-state index >= 15 is 0 Å². The highest BCUT2D eigenvalue weighted by Crippen LogP contribution is 2.32. The molecule has 1 N–H and O–H groups in total. The van der Waals surface area contributed by atoms with Crippen LogP contribution in [-0.2, 0) is 32.6 Å². The summed E-state index contributed by atoms with van der Waals surface area (Å²) < 4.78 is 48.5. The van der Waals surface area contributed by atoms with Crippen molar-refractivity contribution >= 4 is 39.1 Å². The first kappa shape index (κ1) is 34.9. The number of nitrogens with zero attached hydrogens (tertiary/aromatic N) is 2. The molecule has 252 valence electrons. The molecule has 4 aromatic rings. The molecule has 1 saturated carbocycles. The molecule has 0 bridgehead atoms. The van der Waals surface area contributed by atoms with E-state index in [1.165, 1.54) is 54.5 Å². The first-order valence-electron chi connectivity index (χ1n) is 16.0. The van der Waals surface area contributed by atoms with Gasteiger partial charge in [0.15, 0.2) is 0 Å². The number of halogens is 2. The molecule has 0 heterocycles. The van der Waals surface area contributed by atoms with Crippen molar-refractivity contribution in [1.82, 2.24) is 10.2 Å². The minimum Gasteiger partial charge on any atom is -0.495 e. The number of methoxy groups -OCH3 is 1. The monoisotopic (exact) mass is 691 g/mol. The predicted octanol–water partition coefficient (Wildman–Crippen LogP) is 6.77. The van der Waals surface area contributed by atoms with E-state index in [-0.39, 0.29) is 40.5 Å². The Morgan fingerprint density at radius 1 is 0.896 bits per heavy atom. The summed E-state index contributed by atoms with van der Waals surface area (Å²) >= 11 is 6.44. The molecule has 0 aliphatic heterocycles. The van der Waals surface area contributed by atoms with Crippen molar-refractivity contribution in [2.24, 2.45) is 0 Å². The standard InChI is InChI=1S/C37H39ClFN3O5S/c1-47-35-22-21-31(24-33(35)38)42(48(45,46)32-15-9-4-10-16-32)26-36(43)41(25-28-17-19-29(39)20-18-28)34(23-27-11-5-2-6-12-27)37(44)40-30-13-7-3-8-14-30/h2,4-6,9-12,15-22,24,30,34H,3,7-8,13-14,23,25-26H2,1H3,(H,40,44). The van der Waals surface area contributed by atoms with E-state index in [2.05, 4.69) is 5.32 Å². The van der Waals surface area contributed by atoms with E-state index in [9.17, 15) is 22.4 Å². The lowest BCUT2D eigenvalue weighted by Gasteiger charge is -2.35. The molecule has 11 heteroatoms. The zero-order valence-electron chi connectivity index (χ0n) is 26.7. The molecule has 8 nitrogen and oxygen atoms in total. The summed E-state index contributed by atoms with van der Waals surface area (Å²) in [7, 11) is -2.84. The molecule has 1 unspecified atom stereocenters. The van der Waals surface area contributed by atoms with Crippen LogP contribution in [0.25, 0.3) is 0 Å². The van der Waals surface area contributed by atoms with Crippen LogP contribution in [0.1, 0.15) is 43.2 Å². The van der Waals surface area contributed by atoms with Gasteiger partial charge in [0.2, 0.25) is 11.8 Å². The van der Waals surface area contributed by atoms with Crippen LogP contribution in [0.2, 0.25) is 5.02 Å². The third kappa shape index (κ3) is 8.73. The fourth-order valence-electron chi connectivity index (χ4n) is 5.94. The van der Waals surface area contributed by atoms with E-state index in [0.29, 0.717) is 11.3 Å². The average Bonchev–Trinajstić information content (AvgIpc) is 3.10. The highest BCUT2D eigenvalue weighted by molar-refractivity contribution is 7.92. The van der Waals surface area contributed by atoms with E-state index in [1.54, 1.807) is 30.3 Å². The predicted molar refractivity (Wildman–Crippen MR) is 185 cm³/mol. The van der Waals surface area contributed by atoms with Crippen molar-refractivity contribution in [2.75, 3.05) is 18.0 Å². The van der Waals surface area contributed by atoms with E-state index < -0.39 is 34.3 Å². The van der Waals surface area contributed by atoms with Gasteiger partial charge in [0, 0.05) is 19.0 Å². The minimum atomic E-state index is -4.29. The summed E-state index contributed by atoms with van der Waals surface area (Å²) in [4.78, 5) is 30.2. The van der Waals surface area contributed by atoms with Gasteiger partial charge >= 0.3 is 0 Å². The zero-order chi connectivity index (χ0) is 34.1. The second-order valence-electron chi connectivity index (χ2n) is 11.8.